The van der Waals surface area contributed by atoms with E-state index in [1.165, 1.54) is 6.92 Å². The van der Waals surface area contributed by atoms with Crippen LogP contribution in [0.4, 0.5) is 18.9 Å². The van der Waals surface area contributed by atoms with E-state index >= 15 is 0 Å². The largest absolute Gasteiger partial charge is 0.481 e. The number of halogens is 3. The maximum atomic E-state index is 12.6. The van der Waals surface area contributed by atoms with Crippen molar-refractivity contribution >= 4 is 11.6 Å². The minimum absolute atomic E-state index is 0.122. The fourth-order valence-corrected chi connectivity index (χ4v) is 2.13. The molecule has 2 unspecified atom stereocenters. The molecular formula is C15H14F3NO2. The average Bonchev–Trinajstić information content (AvgIpc) is 3.12. The molecule has 2 atom stereocenters. The van der Waals surface area contributed by atoms with Crippen molar-refractivity contribution in [3.05, 3.63) is 24.3 Å². The monoisotopic (exact) mass is 297 g/mol. The maximum Gasteiger partial charge on any atom is 0.392 e. The molecule has 1 amide bonds. The highest BCUT2D eigenvalue weighted by Crippen LogP contribution is 2.60. The molecule has 0 heterocycles. The lowest BCUT2D eigenvalue weighted by Crippen LogP contribution is -2.27. The van der Waals surface area contributed by atoms with Crippen molar-refractivity contribution in [3.63, 3.8) is 0 Å². The molecule has 21 heavy (non-hydrogen) atoms. The number of anilines is 1. The van der Waals surface area contributed by atoms with Crippen LogP contribution in [-0.4, -0.2) is 18.7 Å². The third-order valence-corrected chi connectivity index (χ3v) is 3.59. The summed E-state index contributed by atoms with van der Waals surface area (Å²) in [6.45, 7) is 1.45. The SMILES string of the molecule is C#CCOc1ccc(NC(=O)C2(C)CC2C(F)(F)F)cc1. The van der Waals surface area contributed by atoms with Crippen molar-refractivity contribution in [2.45, 2.75) is 19.5 Å². The summed E-state index contributed by atoms with van der Waals surface area (Å²) in [6.07, 6.45) is 0.542. The van der Waals surface area contributed by atoms with Crippen LogP contribution in [0.15, 0.2) is 24.3 Å². The van der Waals surface area contributed by atoms with Gasteiger partial charge in [-0.1, -0.05) is 12.8 Å². The van der Waals surface area contributed by atoms with Gasteiger partial charge < -0.3 is 10.1 Å². The maximum absolute atomic E-state index is 12.6. The first-order chi connectivity index (χ1) is 9.77. The summed E-state index contributed by atoms with van der Waals surface area (Å²) in [5.41, 5.74) is -0.959. The van der Waals surface area contributed by atoms with Crippen LogP contribution in [0.25, 0.3) is 0 Å². The molecule has 1 saturated carbocycles. The standard InChI is InChI=1S/C15H14F3NO2/c1-3-8-21-11-6-4-10(5-7-11)19-13(20)14(2)9-12(14)15(16,17)18/h1,4-7,12H,8-9H2,2H3,(H,19,20). The smallest absolute Gasteiger partial charge is 0.392 e. The molecule has 1 fully saturated rings. The van der Waals surface area contributed by atoms with Gasteiger partial charge >= 0.3 is 6.18 Å². The Kier molecular flexibility index (Phi) is 3.86. The Labute approximate surface area is 120 Å². The van der Waals surface area contributed by atoms with Crippen LogP contribution in [0.5, 0.6) is 5.75 Å². The van der Waals surface area contributed by atoms with E-state index in [-0.39, 0.29) is 13.0 Å². The topological polar surface area (TPSA) is 38.3 Å². The van der Waals surface area contributed by atoms with Crippen LogP contribution in [0.1, 0.15) is 13.3 Å². The molecule has 1 aromatic carbocycles. The number of rotatable bonds is 4. The van der Waals surface area contributed by atoms with E-state index in [0.717, 1.165) is 0 Å². The minimum atomic E-state index is -4.33. The summed E-state index contributed by atoms with van der Waals surface area (Å²) in [5.74, 6) is 0.647. The lowest BCUT2D eigenvalue weighted by atomic mass is 10.1. The third-order valence-electron chi connectivity index (χ3n) is 3.59. The van der Waals surface area contributed by atoms with Crippen molar-refractivity contribution in [1.82, 2.24) is 0 Å². The van der Waals surface area contributed by atoms with Crippen molar-refractivity contribution in [1.29, 1.82) is 0 Å². The van der Waals surface area contributed by atoms with Crippen molar-refractivity contribution in [3.8, 4) is 18.1 Å². The zero-order chi connectivity index (χ0) is 15.7. The minimum Gasteiger partial charge on any atom is -0.481 e. The second-order valence-electron chi connectivity index (χ2n) is 5.19. The van der Waals surface area contributed by atoms with Gasteiger partial charge in [0.15, 0.2) is 0 Å². The number of ether oxygens (including phenoxy) is 1. The summed E-state index contributed by atoms with van der Waals surface area (Å²) in [5, 5.41) is 2.49. The van der Waals surface area contributed by atoms with E-state index in [0.29, 0.717) is 11.4 Å². The Morgan fingerprint density at radius 1 is 1.48 bits per heavy atom. The van der Waals surface area contributed by atoms with Gasteiger partial charge in [0, 0.05) is 5.69 Å². The number of nitrogens with one attached hydrogen (secondary N) is 1. The molecule has 1 aliphatic carbocycles. The first-order valence-corrected chi connectivity index (χ1v) is 6.32. The molecule has 3 nitrogen and oxygen atoms in total. The Hall–Kier alpha value is -2.16. The second-order valence-corrected chi connectivity index (χ2v) is 5.19. The van der Waals surface area contributed by atoms with Gasteiger partial charge in [-0.25, -0.2) is 0 Å². The fraction of sp³-hybridized carbons (Fsp3) is 0.400. The molecule has 0 radical (unpaired) electrons. The van der Waals surface area contributed by atoms with E-state index < -0.39 is 23.4 Å². The Morgan fingerprint density at radius 2 is 2.10 bits per heavy atom. The normalized spacial score (nSPS) is 24.0. The van der Waals surface area contributed by atoms with E-state index in [9.17, 15) is 18.0 Å². The number of carbonyl (C=O) groups is 1. The highest BCUT2D eigenvalue weighted by Gasteiger charge is 2.67. The van der Waals surface area contributed by atoms with Gasteiger partial charge in [-0.05, 0) is 30.7 Å². The van der Waals surface area contributed by atoms with E-state index in [1.807, 2.05) is 0 Å². The van der Waals surface area contributed by atoms with Crippen LogP contribution in [0.2, 0.25) is 0 Å². The second kappa shape index (κ2) is 5.32. The molecule has 112 valence electrons. The molecule has 1 aliphatic rings. The lowest BCUT2D eigenvalue weighted by Gasteiger charge is -2.14. The van der Waals surface area contributed by atoms with Gasteiger partial charge in [-0.15, -0.1) is 6.42 Å². The molecule has 6 heteroatoms. The summed E-state index contributed by atoms with van der Waals surface area (Å²) in [7, 11) is 0. The summed E-state index contributed by atoms with van der Waals surface area (Å²) >= 11 is 0. The first kappa shape index (κ1) is 15.2. The first-order valence-electron chi connectivity index (χ1n) is 6.32. The molecule has 0 aromatic heterocycles. The Bertz CT molecular complexity index is 574. The zero-order valence-electron chi connectivity index (χ0n) is 11.3. The van der Waals surface area contributed by atoms with Gasteiger partial charge in [0.25, 0.3) is 0 Å². The number of amides is 1. The molecule has 1 N–H and O–H groups in total. The highest BCUT2D eigenvalue weighted by molar-refractivity contribution is 5.97. The average molecular weight is 297 g/mol. The number of terminal acetylenes is 1. The number of alkyl halides is 3. The van der Waals surface area contributed by atoms with Gasteiger partial charge in [0.05, 0.1) is 11.3 Å². The predicted octanol–water partition coefficient (Wildman–Crippen LogP) is 3.23. The van der Waals surface area contributed by atoms with Crippen molar-refractivity contribution in [2.24, 2.45) is 11.3 Å². The Balaban J connectivity index is 1.97. The van der Waals surface area contributed by atoms with Gasteiger partial charge in [0.2, 0.25) is 5.91 Å². The quantitative estimate of drug-likeness (QED) is 0.867. The highest BCUT2D eigenvalue weighted by atomic mass is 19.4. The summed E-state index contributed by atoms with van der Waals surface area (Å²) in [4.78, 5) is 11.9. The third kappa shape index (κ3) is 3.30. The molecule has 0 aliphatic heterocycles. The molecule has 1 aromatic rings. The molecule has 2 rings (SSSR count). The van der Waals surface area contributed by atoms with Gasteiger partial charge in [0.1, 0.15) is 12.4 Å². The summed E-state index contributed by atoms with van der Waals surface area (Å²) in [6, 6.07) is 6.28. The molecular weight excluding hydrogens is 283 g/mol. The summed E-state index contributed by atoms with van der Waals surface area (Å²) < 4.78 is 42.9. The number of hydrogen-bond donors (Lipinski definition) is 1. The molecule has 0 spiro atoms. The van der Waals surface area contributed by atoms with Crippen molar-refractivity contribution < 1.29 is 22.7 Å². The molecule has 0 saturated heterocycles. The van der Waals surface area contributed by atoms with Crippen LogP contribution >= 0.6 is 0 Å². The van der Waals surface area contributed by atoms with Gasteiger partial charge in [-0.3, -0.25) is 4.79 Å². The van der Waals surface area contributed by atoms with E-state index in [1.54, 1.807) is 24.3 Å². The van der Waals surface area contributed by atoms with Crippen LogP contribution in [0, 0.1) is 23.7 Å². The number of benzene rings is 1. The van der Waals surface area contributed by atoms with Gasteiger partial charge in [-0.2, -0.15) is 13.2 Å². The van der Waals surface area contributed by atoms with Crippen LogP contribution < -0.4 is 10.1 Å². The lowest BCUT2D eigenvalue weighted by molar-refractivity contribution is -0.159. The Morgan fingerprint density at radius 3 is 2.57 bits per heavy atom. The van der Waals surface area contributed by atoms with Crippen LogP contribution in [-0.2, 0) is 4.79 Å². The zero-order valence-corrected chi connectivity index (χ0v) is 11.3. The van der Waals surface area contributed by atoms with Crippen molar-refractivity contribution in [2.75, 3.05) is 11.9 Å². The predicted molar refractivity (Wildman–Crippen MR) is 71.7 cm³/mol. The number of hydrogen-bond acceptors (Lipinski definition) is 2. The van der Waals surface area contributed by atoms with E-state index in [4.69, 9.17) is 11.2 Å². The number of carbonyl (C=O) groups excluding carboxylic acids is 1. The fourth-order valence-electron chi connectivity index (χ4n) is 2.13. The van der Waals surface area contributed by atoms with Crippen LogP contribution in [0.3, 0.4) is 0 Å². The molecule has 0 bridgehead atoms. The van der Waals surface area contributed by atoms with E-state index in [2.05, 4.69) is 11.2 Å².